The van der Waals surface area contributed by atoms with Gasteiger partial charge in [-0.1, -0.05) is 42.7 Å². The number of benzene rings is 2. The van der Waals surface area contributed by atoms with Crippen molar-refractivity contribution in [3.8, 4) is 0 Å². The summed E-state index contributed by atoms with van der Waals surface area (Å²) in [6.07, 6.45) is 6.61. The SMILES string of the molecule is Cc1cc(C)c2[nH]c(=O)c(C(c3nnnn3C3CCCC3)N3CCCc4ccccc43)cc2c1. The highest BCUT2D eigenvalue weighted by Gasteiger charge is 2.35. The van der Waals surface area contributed by atoms with E-state index in [2.05, 4.69) is 74.8 Å². The number of aryl methyl sites for hydroxylation is 3. The normalized spacial score (nSPS) is 17.3. The van der Waals surface area contributed by atoms with Crippen molar-refractivity contribution in [1.29, 1.82) is 0 Å². The van der Waals surface area contributed by atoms with Crippen LogP contribution in [0.1, 0.15) is 72.3 Å². The Labute approximate surface area is 198 Å². The maximum atomic E-state index is 13.6. The number of rotatable bonds is 4. The zero-order chi connectivity index (χ0) is 23.2. The molecule has 7 heteroatoms. The van der Waals surface area contributed by atoms with E-state index in [4.69, 9.17) is 0 Å². The Morgan fingerprint density at radius 2 is 1.88 bits per heavy atom. The molecule has 4 aromatic rings. The number of fused-ring (bicyclic) bond motifs is 2. The first kappa shape index (κ1) is 21.1. The minimum Gasteiger partial charge on any atom is -0.357 e. The zero-order valence-corrected chi connectivity index (χ0v) is 19.8. The third-order valence-corrected chi connectivity index (χ3v) is 7.51. The van der Waals surface area contributed by atoms with E-state index in [0.717, 1.165) is 54.5 Å². The van der Waals surface area contributed by atoms with Gasteiger partial charge in [0.15, 0.2) is 5.82 Å². The van der Waals surface area contributed by atoms with Crippen molar-refractivity contribution in [2.45, 2.75) is 64.5 Å². The molecule has 0 saturated heterocycles. The summed E-state index contributed by atoms with van der Waals surface area (Å²) in [6, 6.07) is 14.8. The number of para-hydroxylation sites is 1. The molecule has 0 radical (unpaired) electrons. The lowest BCUT2D eigenvalue weighted by atomic mass is 9.95. The van der Waals surface area contributed by atoms with Crippen LogP contribution in [0.4, 0.5) is 5.69 Å². The Hall–Kier alpha value is -3.48. The van der Waals surface area contributed by atoms with E-state index >= 15 is 0 Å². The summed E-state index contributed by atoms with van der Waals surface area (Å²) >= 11 is 0. The molecule has 3 heterocycles. The predicted molar refractivity (Wildman–Crippen MR) is 133 cm³/mol. The lowest BCUT2D eigenvalue weighted by molar-refractivity contribution is 0.425. The fraction of sp³-hybridized carbons (Fsp3) is 0.407. The Balaban J connectivity index is 1.58. The second-order valence-electron chi connectivity index (χ2n) is 9.85. The van der Waals surface area contributed by atoms with E-state index in [0.29, 0.717) is 5.56 Å². The van der Waals surface area contributed by atoms with Crippen LogP contribution < -0.4 is 10.5 Å². The Kier molecular flexibility index (Phi) is 5.20. The second kappa shape index (κ2) is 8.38. The van der Waals surface area contributed by atoms with Gasteiger partial charge in [0.05, 0.1) is 11.6 Å². The van der Waals surface area contributed by atoms with Gasteiger partial charge < -0.3 is 9.88 Å². The molecule has 2 aromatic carbocycles. The number of H-pyrrole nitrogens is 1. The number of hydrogen-bond acceptors (Lipinski definition) is 5. The van der Waals surface area contributed by atoms with E-state index < -0.39 is 0 Å². The number of tetrazole rings is 1. The third kappa shape index (κ3) is 3.50. The summed E-state index contributed by atoms with van der Waals surface area (Å²) in [5, 5.41) is 14.1. The molecule has 1 atom stereocenters. The van der Waals surface area contributed by atoms with Gasteiger partial charge in [0.25, 0.3) is 5.56 Å². The van der Waals surface area contributed by atoms with E-state index in [9.17, 15) is 4.79 Å². The smallest absolute Gasteiger partial charge is 0.254 e. The number of pyridine rings is 1. The van der Waals surface area contributed by atoms with Crippen molar-refractivity contribution >= 4 is 16.6 Å². The van der Waals surface area contributed by atoms with Crippen molar-refractivity contribution in [3.63, 3.8) is 0 Å². The maximum absolute atomic E-state index is 13.6. The molecule has 0 bridgehead atoms. The summed E-state index contributed by atoms with van der Waals surface area (Å²) < 4.78 is 2.00. The van der Waals surface area contributed by atoms with E-state index in [-0.39, 0.29) is 17.6 Å². The molecule has 0 amide bonds. The van der Waals surface area contributed by atoms with Gasteiger partial charge in [0.1, 0.15) is 6.04 Å². The van der Waals surface area contributed by atoms with E-state index in [1.165, 1.54) is 29.7 Å². The van der Waals surface area contributed by atoms with Gasteiger partial charge in [0, 0.05) is 17.8 Å². The first-order chi connectivity index (χ1) is 16.6. The lowest BCUT2D eigenvalue weighted by Crippen LogP contribution is -2.38. The number of nitrogens with zero attached hydrogens (tertiary/aromatic N) is 5. The molecule has 34 heavy (non-hydrogen) atoms. The van der Waals surface area contributed by atoms with Gasteiger partial charge in [-0.2, -0.15) is 0 Å². The van der Waals surface area contributed by atoms with Crippen molar-refractivity contribution in [2.75, 3.05) is 11.4 Å². The standard InChI is InChI=1S/C27H30N6O/c1-17-14-18(2)24-20(15-17)16-22(27(34)28-24)25(26-29-30-31-33(26)21-10-4-5-11-21)32-13-7-9-19-8-3-6-12-23(19)32/h3,6,8,12,14-16,21,25H,4-5,7,9-11,13H2,1-2H3,(H,28,34). The van der Waals surface area contributed by atoms with Crippen LogP contribution in [0.2, 0.25) is 0 Å². The topological polar surface area (TPSA) is 79.7 Å². The molecule has 1 aliphatic carbocycles. The van der Waals surface area contributed by atoms with Crippen LogP contribution in [0, 0.1) is 13.8 Å². The predicted octanol–water partition coefficient (Wildman–Crippen LogP) is 4.79. The molecule has 1 fully saturated rings. The van der Waals surface area contributed by atoms with Crippen LogP contribution in [0.25, 0.3) is 10.9 Å². The fourth-order valence-corrected chi connectivity index (χ4v) is 5.97. The summed E-state index contributed by atoms with van der Waals surface area (Å²) in [4.78, 5) is 19.2. The Bertz CT molecular complexity index is 1410. The fourth-order valence-electron chi connectivity index (χ4n) is 5.97. The molecule has 0 spiro atoms. The van der Waals surface area contributed by atoms with Crippen LogP contribution in [-0.2, 0) is 6.42 Å². The van der Waals surface area contributed by atoms with Crippen molar-refractivity contribution < 1.29 is 0 Å². The highest BCUT2D eigenvalue weighted by Crippen LogP contribution is 2.39. The van der Waals surface area contributed by atoms with Crippen LogP contribution in [0.5, 0.6) is 0 Å². The summed E-state index contributed by atoms with van der Waals surface area (Å²) in [6.45, 7) is 4.99. The molecular weight excluding hydrogens is 424 g/mol. The van der Waals surface area contributed by atoms with E-state index in [1.807, 2.05) is 11.6 Å². The number of aromatic amines is 1. The van der Waals surface area contributed by atoms with Crippen LogP contribution >= 0.6 is 0 Å². The van der Waals surface area contributed by atoms with E-state index in [1.54, 1.807) is 0 Å². The van der Waals surface area contributed by atoms with Crippen LogP contribution in [0.3, 0.4) is 0 Å². The maximum Gasteiger partial charge on any atom is 0.254 e. The van der Waals surface area contributed by atoms with Crippen LogP contribution in [-0.4, -0.2) is 31.7 Å². The summed E-state index contributed by atoms with van der Waals surface area (Å²) in [5.41, 5.74) is 6.25. The summed E-state index contributed by atoms with van der Waals surface area (Å²) in [5.74, 6) is 0.762. The molecule has 6 rings (SSSR count). The quantitative estimate of drug-likeness (QED) is 0.480. The Morgan fingerprint density at radius 3 is 2.74 bits per heavy atom. The first-order valence-corrected chi connectivity index (χ1v) is 12.4. The molecule has 1 saturated carbocycles. The molecule has 1 N–H and O–H groups in total. The van der Waals surface area contributed by atoms with Crippen molar-refractivity contribution in [2.24, 2.45) is 0 Å². The van der Waals surface area contributed by atoms with Crippen molar-refractivity contribution in [1.82, 2.24) is 25.2 Å². The average molecular weight is 455 g/mol. The summed E-state index contributed by atoms with van der Waals surface area (Å²) in [7, 11) is 0. The monoisotopic (exact) mass is 454 g/mol. The molecular formula is C27H30N6O. The molecule has 1 aliphatic heterocycles. The van der Waals surface area contributed by atoms with Gasteiger partial charge in [0.2, 0.25) is 0 Å². The minimum absolute atomic E-state index is 0.0755. The van der Waals surface area contributed by atoms with Gasteiger partial charge in [-0.25, -0.2) is 4.68 Å². The Morgan fingerprint density at radius 1 is 1.06 bits per heavy atom. The van der Waals surface area contributed by atoms with Gasteiger partial charge in [-0.15, -0.1) is 5.10 Å². The number of anilines is 1. The molecule has 2 aromatic heterocycles. The van der Waals surface area contributed by atoms with Gasteiger partial charge in [-0.05, 0) is 84.7 Å². The number of nitrogens with one attached hydrogen (secondary N) is 1. The number of hydrogen-bond donors (Lipinski definition) is 1. The van der Waals surface area contributed by atoms with Crippen molar-refractivity contribution in [3.05, 3.63) is 80.9 Å². The molecule has 1 unspecified atom stereocenters. The highest BCUT2D eigenvalue weighted by molar-refractivity contribution is 5.83. The van der Waals surface area contributed by atoms with Gasteiger partial charge >= 0.3 is 0 Å². The second-order valence-corrected chi connectivity index (χ2v) is 9.85. The molecule has 7 nitrogen and oxygen atoms in total. The highest BCUT2D eigenvalue weighted by atomic mass is 16.1. The lowest BCUT2D eigenvalue weighted by Gasteiger charge is -2.37. The number of aromatic nitrogens is 5. The largest absolute Gasteiger partial charge is 0.357 e. The van der Waals surface area contributed by atoms with Gasteiger partial charge in [-0.3, -0.25) is 4.79 Å². The minimum atomic E-state index is -0.356. The third-order valence-electron chi connectivity index (χ3n) is 7.51. The average Bonchev–Trinajstić information content (AvgIpc) is 3.52. The van der Waals surface area contributed by atoms with Crippen LogP contribution in [0.15, 0.2) is 47.3 Å². The molecule has 174 valence electrons. The molecule has 2 aliphatic rings. The zero-order valence-electron chi connectivity index (χ0n) is 19.8. The first-order valence-electron chi connectivity index (χ1n) is 12.4.